The summed E-state index contributed by atoms with van der Waals surface area (Å²) in [5.41, 5.74) is 0.276. The van der Waals surface area contributed by atoms with Gasteiger partial charge in [-0.3, -0.25) is 0 Å². The second-order valence-corrected chi connectivity index (χ2v) is 8.02. The number of rotatable bonds is 3. The molecule has 0 amide bonds. The molecular formula is C18H19BrF2N4O. The van der Waals surface area contributed by atoms with Crippen molar-refractivity contribution >= 4 is 21.7 Å². The van der Waals surface area contributed by atoms with Gasteiger partial charge in [0.1, 0.15) is 12.1 Å². The molecular weight excluding hydrogens is 406 g/mol. The molecule has 2 saturated heterocycles. The van der Waals surface area contributed by atoms with E-state index in [0.29, 0.717) is 11.6 Å². The van der Waals surface area contributed by atoms with Gasteiger partial charge in [-0.05, 0) is 48.4 Å². The SMILES string of the molecule is CN1CCC2(CCN(c3ncncc3Oc3c(F)cc(F)cc3Br)C2)C1. The van der Waals surface area contributed by atoms with Crippen molar-refractivity contribution in [2.24, 2.45) is 5.41 Å². The summed E-state index contributed by atoms with van der Waals surface area (Å²) < 4.78 is 33.4. The Morgan fingerprint density at radius 1 is 1.19 bits per heavy atom. The fraction of sp³-hybridized carbons (Fsp3) is 0.444. The zero-order chi connectivity index (χ0) is 18.3. The van der Waals surface area contributed by atoms with E-state index in [-0.39, 0.29) is 15.6 Å². The topological polar surface area (TPSA) is 41.5 Å². The Bertz CT molecular complexity index is 814. The van der Waals surface area contributed by atoms with Crippen LogP contribution in [0.1, 0.15) is 12.8 Å². The lowest BCUT2D eigenvalue weighted by atomic mass is 9.86. The highest BCUT2D eigenvalue weighted by molar-refractivity contribution is 9.10. The second-order valence-electron chi connectivity index (χ2n) is 7.17. The van der Waals surface area contributed by atoms with E-state index in [9.17, 15) is 8.78 Å². The Morgan fingerprint density at radius 2 is 2.00 bits per heavy atom. The summed E-state index contributed by atoms with van der Waals surface area (Å²) >= 11 is 3.15. The van der Waals surface area contributed by atoms with Crippen molar-refractivity contribution in [2.45, 2.75) is 12.8 Å². The summed E-state index contributed by atoms with van der Waals surface area (Å²) in [7, 11) is 2.14. The van der Waals surface area contributed by atoms with Crippen LogP contribution in [0.2, 0.25) is 0 Å². The molecule has 0 radical (unpaired) electrons. The molecule has 0 aliphatic carbocycles. The molecule has 4 rings (SSSR count). The summed E-state index contributed by atoms with van der Waals surface area (Å²) in [6.45, 7) is 3.93. The third kappa shape index (κ3) is 3.27. The highest BCUT2D eigenvalue weighted by Gasteiger charge is 2.43. The first-order chi connectivity index (χ1) is 12.5. The Hall–Kier alpha value is -1.80. The maximum absolute atomic E-state index is 14.1. The van der Waals surface area contributed by atoms with Crippen molar-refractivity contribution in [3.05, 3.63) is 40.8 Å². The molecule has 1 aromatic carbocycles. The molecule has 1 unspecified atom stereocenters. The summed E-state index contributed by atoms with van der Waals surface area (Å²) in [4.78, 5) is 12.9. The van der Waals surface area contributed by atoms with E-state index >= 15 is 0 Å². The van der Waals surface area contributed by atoms with Gasteiger partial charge in [0.05, 0.1) is 10.7 Å². The fourth-order valence-corrected chi connectivity index (χ4v) is 4.45. The number of likely N-dealkylation sites (tertiary alicyclic amines) is 1. The number of nitrogens with zero attached hydrogens (tertiary/aromatic N) is 4. The van der Waals surface area contributed by atoms with E-state index in [1.54, 1.807) is 0 Å². The predicted molar refractivity (Wildman–Crippen MR) is 97.5 cm³/mol. The minimum atomic E-state index is -0.776. The van der Waals surface area contributed by atoms with Crippen LogP contribution in [0.15, 0.2) is 29.1 Å². The van der Waals surface area contributed by atoms with E-state index in [1.165, 1.54) is 25.0 Å². The minimum Gasteiger partial charge on any atom is -0.448 e. The molecule has 8 heteroatoms. The standard InChI is InChI=1S/C18H19BrF2N4O/c1-24-4-2-18(9-24)3-5-25(10-18)17-15(8-22-11-23-17)26-16-13(19)6-12(20)7-14(16)21/h6-8,11H,2-5,9-10H2,1H3. The lowest BCUT2D eigenvalue weighted by molar-refractivity contribution is 0.311. The van der Waals surface area contributed by atoms with Crippen molar-refractivity contribution in [2.75, 3.05) is 38.1 Å². The first-order valence-corrected chi connectivity index (χ1v) is 9.31. The van der Waals surface area contributed by atoms with Gasteiger partial charge in [-0.1, -0.05) is 0 Å². The monoisotopic (exact) mass is 424 g/mol. The number of aromatic nitrogens is 2. The van der Waals surface area contributed by atoms with Gasteiger partial charge in [0.15, 0.2) is 23.1 Å². The van der Waals surface area contributed by atoms with Gasteiger partial charge in [-0.15, -0.1) is 0 Å². The van der Waals surface area contributed by atoms with E-state index in [1.807, 2.05) is 0 Å². The van der Waals surface area contributed by atoms with Crippen LogP contribution in [0, 0.1) is 17.0 Å². The average molecular weight is 425 g/mol. The van der Waals surface area contributed by atoms with Gasteiger partial charge in [0, 0.05) is 31.1 Å². The van der Waals surface area contributed by atoms with Crippen LogP contribution < -0.4 is 9.64 Å². The molecule has 26 heavy (non-hydrogen) atoms. The third-order valence-corrected chi connectivity index (χ3v) is 5.79. The predicted octanol–water partition coefficient (Wildman–Crippen LogP) is 3.84. The van der Waals surface area contributed by atoms with E-state index in [2.05, 4.69) is 42.7 Å². The molecule has 1 atom stereocenters. The number of hydrogen-bond acceptors (Lipinski definition) is 5. The van der Waals surface area contributed by atoms with Crippen LogP contribution in [0.25, 0.3) is 0 Å². The molecule has 2 fully saturated rings. The van der Waals surface area contributed by atoms with E-state index in [4.69, 9.17) is 4.74 Å². The van der Waals surface area contributed by atoms with Crippen LogP contribution in [-0.2, 0) is 0 Å². The van der Waals surface area contributed by atoms with Crippen LogP contribution in [0.4, 0.5) is 14.6 Å². The number of anilines is 1. The molecule has 2 aliphatic rings. The summed E-state index contributed by atoms with van der Waals surface area (Å²) in [6, 6.07) is 1.96. The van der Waals surface area contributed by atoms with Crippen molar-refractivity contribution < 1.29 is 13.5 Å². The summed E-state index contributed by atoms with van der Waals surface area (Å²) in [6.07, 6.45) is 5.24. The Morgan fingerprint density at radius 3 is 2.73 bits per heavy atom. The number of benzene rings is 1. The Labute approximate surface area is 159 Å². The molecule has 2 aliphatic heterocycles. The van der Waals surface area contributed by atoms with Crippen molar-refractivity contribution in [3.8, 4) is 11.5 Å². The maximum Gasteiger partial charge on any atom is 0.188 e. The van der Waals surface area contributed by atoms with Gasteiger partial charge >= 0.3 is 0 Å². The normalized spacial score (nSPS) is 23.2. The molecule has 3 heterocycles. The smallest absolute Gasteiger partial charge is 0.188 e. The largest absolute Gasteiger partial charge is 0.448 e. The highest BCUT2D eigenvalue weighted by atomic mass is 79.9. The minimum absolute atomic E-state index is 0.0723. The van der Waals surface area contributed by atoms with Gasteiger partial charge in [0.2, 0.25) is 0 Å². The molecule has 0 N–H and O–H groups in total. The maximum atomic E-state index is 14.1. The molecule has 0 saturated carbocycles. The number of ether oxygens (including phenoxy) is 1. The van der Waals surface area contributed by atoms with Crippen molar-refractivity contribution in [3.63, 3.8) is 0 Å². The van der Waals surface area contributed by atoms with Crippen molar-refractivity contribution in [1.29, 1.82) is 0 Å². The highest BCUT2D eigenvalue weighted by Crippen LogP contribution is 2.43. The number of halogens is 3. The van der Waals surface area contributed by atoms with Gasteiger partial charge in [0.25, 0.3) is 0 Å². The molecule has 2 aromatic rings. The Kier molecular flexibility index (Phi) is 4.56. The van der Waals surface area contributed by atoms with Crippen LogP contribution in [0.5, 0.6) is 11.5 Å². The zero-order valence-electron chi connectivity index (χ0n) is 14.4. The first kappa shape index (κ1) is 17.6. The van der Waals surface area contributed by atoms with E-state index in [0.717, 1.165) is 38.7 Å². The fourth-order valence-electron chi connectivity index (χ4n) is 3.96. The van der Waals surface area contributed by atoms with Crippen LogP contribution in [0.3, 0.4) is 0 Å². The third-order valence-electron chi connectivity index (χ3n) is 5.20. The summed E-state index contributed by atoms with van der Waals surface area (Å²) in [5.74, 6) is -0.513. The van der Waals surface area contributed by atoms with Gasteiger partial charge in [-0.2, -0.15) is 0 Å². The van der Waals surface area contributed by atoms with Gasteiger partial charge in [-0.25, -0.2) is 18.7 Å². The van der Waals surface area contributed by atoms with Gasteiger partial charge < -0.3 is 14.5 Å². The van der Waals surface area contributed by atoms with E-state index < -0.39 is 11.6 Å². The number of hydrogen-bond donors (Lipinski definition) is 0. The molecule has 5 nitrogen and oxygen atoms in total. The Balaban J connectivity index is 1.60. The lowest BCUT2D eigenvalue weighted by Gasteiger charge is -2.25. The summed E-state index contributed by atoms with van der Waals surface area (Å²) in [5, 5.41) is 0. The van der Waals surface area contributed by atoms with Crippen LogP contribution >= 0.6 is 15.9 Å². The quantitative estimate of drug-likeness (QED) is 0.748. The van der Waals surface area contributed by atoms with Crippen molar-refractivity contribution in [1.82, 2.24) is 14.9 Å². The molecule has 1 spiro atoms. The van der Waals surface area contributed by atoms with Crippen LogP contribution in [-0.4, -0.2) is 48.1 Å². The zero-order valence-corrected chi connectivity index (χ0v) is 16.0. The lowest BCUT2D eigenvalue weighted by Crippen LogP contribution is -2.30. The molecule has 0 bridgehead atoms. The average Bonchev–Trinajstić information content (AvgIpc) is 3.17. The molecule has 138 valence electrons. The molecule has 1 aromatic heterocycles. The first-order valence-electron chi connectivity index (χ1n) is 8.52. The second kappa shape index (κ2) is 6.74.